The van der Waals surface area contributed by atoms with Gasteiger partial charge in [0.1, 0.15) is 11.9 Å². The van der Waals surface area contributed by atoms with Crippen LogP contribution in [0.4, 0.5) is 0 Å². The van der Waals surface area contributed by atoms with E-state index in [4.69, 9.17) is 4.74 Å². The third-order valence-electron chi connectivity index (χ3n) is 5.29. The average Bonchev–Trinajstić information content (AvgIpc) is 2.73. The Balaban J connectivity index is 1.60. The number of hydrogen-bond donors (Lipinski definition) is 1. The van der Waals surface area contributed by atoms with Gasteiger partial charge in [0.15, 0.2) is 0 Å². The van der Waals surface area contributed by atoms with Crippen molar-refractivity contribution in [3.05, 3.63) is 102 Å². The van der Waals surface area contributed by atoms with E-state index in [2.05, 4.69) is 30.4 Å². The summed E-state index contributed by atoms with van der Waals surface area (Å²) in [6.07, 6.45) is 0.781. The Morgan fingerprint density at radius 1 is 0.963 bits per heavy atom. The predicted molar refractivity (Wildman–Crippen MR) is 107 cm³/mol. The largest absolute Gasteiger partial charge is 0.485 e. The van der Waals surface area contributed by atoms with E-state index in [9.17, 15) is 4.79 Å². The number of hydrogen-bond acceptors (Lipinski definition) is 2. The van der Waals surface area contributed by atoms with Gasteiger partial charge in [-0.05, 0) is 30.2 Å². The van der Waals surface area contributed by atoms with Crippen LogP contribution in [0.5, 0.6) is 5.75 Å². The summed E-state index contributed by atoms with van der Waals surface area (Å²) in [6.45, 7) is 2.76. The fourth-order valence-corrected chi connectivity index (χ4v) is 3.77. The van der Waals surface area contributed by atoms with Crippen LogP contribution in [-0.2, 0) is 5.41 Å². The van der Waals surface area contributed by atoms with E-state index in [-0.39, 0.29) is 17.4 Å². The van der Waals surface area contributed by atoms with Gasteiger partial charge >= 0.3 is 0 Å². The minimum atomic E-state index is -0.209. The molecule has 3 nitrogen and oxygen atoms in total. The molecule has 0 aromatic heterocycles. The molecular formula is C24H23NO2. The van der Waals surface area contributed by atoms with Crippen molar-refractivity contribution in [2.24, 2.45) is 0 Å². The molecule has 3 heteroatoms. The molecule has 1 amide bonds. The van der Waals surface area contributed by atoms with Crippen molar-refractivity contribution in [1.82, 2.24) is 5.32 Å². The first-order valence-corrected chi connectivity index (χ1v) is 9.30. The van der Waals surface area contributed by atoms with E-state index in [1.54, 1.807) is 0 Å². The molecular weight excluding hydrogens is 334 g/mol. The molecule has 0 unspecified atom stereocenters. The van der Waals surface area contributed by atoms with Crippen LogP contribution in [0.25, 0.3) is 0 Å². The highest BCUT2D eigenvalue weighted by atomic mass is 16.5. The first-order chi connectivity index (χ1) is 13.2. The molecule has 0 fully saturated rings. The average molecular weight is 357 g/mol. The quantitative estimate of drug-likeness (QED) is 0.721. The van der Waals surface area contributed by atoms with Crippen molar-refractivity contribution >= 4 is 5.91 Å². The van der Waals surface area contributed by atoms with Crippen LogP contribution in [-0.4, -0.2) is 12.5 Å². The molecule has 0 spiro atoms. The third kappa shape index (κ3) is 3.59. The minimum Gasteiger partial charge on any atom is -0.485 e. The Labute approximate surface area is 160 Å². The molecule has 1 N–H and O–H groups in total. The lowest BCUT2D eigenvalue weighted by Crippen LogP contribution is -2.42. The zero-order valence-electron chi connectivity index (χ0n) is 15.4. The third-order valence-corrected chi connectivity index (χ3v) is 5.29. The molecule has 0 radical (unpaired) electrons. The molecule has 3 aromatic carbocycles. The number of nitrogens with one attached hydrogen (secondary N) is 1. The van der Waals surface area contributed by atoms with E-state index < -0.39 is 0 Å². The lowest BCUT2D eigenvalue weighted by molar-refractivity contribution is 0.0913. The van der Waals surface area contributed by atoms with Gasteiger partial charge in [0.05, 0.1) is 0 Å². The van der Waals surface area contributed by atoms with E-state index >= 15 is 0 Å². The Hall–Kier alpha value is -3.07. The van der Waals surface area contributed by atoms with Gasteiger partial charge in [0.2, 0.25) is 0 Å². The monoisotopic (exact) mass is 357 g/mol. The normalized spacial score (nSPS) is 21.0. The second-order valence-electron chi connectivity index (χ2n) is 7.33. The Bertz CT molecular complexity index is 923. The highest BCUT2D eigenvalue weighted by molar-refractivity contribution is 5.94. The van der Waals surface area contributed by atoms with Gasteiger partial charge in [-0.2, -0.15) is 0 Å². The second-order valence-corrected chi connectivity index (χ2v) is 7.33. The molecule has 0 saturated carbocycles. The summed E-state index contributed by atoms with van der Waals surface area (Å²) in [5.74, 6) is 0.853. The number of carbonyl (C=O) groups is 1. The van der Waals surface area contributed by atoms with Crippen LogP contribution in [0.1, 0.15) is 40.9 Å². The molecule has 136 valence electrons. The summed E-state index contributed by atoms with van der Waals surface area (Å²) in [4.78, 5) is 12.6. The number of rotatable bonds is 4. The van der Waals surface area contributed by atoms with E-state index in [1.807, 2.05) is 66.7 Å². The summed E-state index contributed by atoms with van der Waals surface area (Å²) < 4.78 is 6.29. The smallest absolute Gasteiger partial charge is 0.251 e. The molecule has 27 heavy (non-hydrogen) atoms. The standard InChI is InChI=1S/C24H23NO2/c1-24(17-25-23(26)19-12-6-3-7-13-19)16-22(18-10-4-2-5-11-18)27-21-15-9-8-14-20(21)24/h2-15,22H,16-17H2,1H3,(H,25,26)/t22-,24-/m1/s1. The van der Waals surface area contributed by atoms with Crippen LogP contribution in [0, 0.1) is 0 Å². The van der Waals surface area contributed by atoms with Crippen LogP contribution >= 0.6 is 0 Å². The lowest BCUT2D eigenvalue weighted by atomic mass is 9.74. The van der Waals surface area contributed by atoms with Gasteiger partial charge in [-0.25, -0.2) is 0 Å². The summed E-state index contributed by atoms with van der Waals surface area (Å²) in [5.41, 5.74) is 2.78. The fraction of sp³-hybridized carbons (Fsp3) is 0.208. The first kappa shape index (κ1) is 17.3. The Morgan fingerprint density at radius 3 is 2.33 bits per heavy atom. The Morgan fingerprint density at radius 2 is 1.59 bits per heavy atom. The molecule has 0 bridgehead atoms. The number of amides is 1. The topological polar surface area (TPSA) is 38.3 Å². The maximum absolute atomic E-state index is 12.6. The summed E-state index contributed by atoms with van der Waals surface area (Å²) in [6, 6.07) is 27.8. The van der Waals surface area contributed by atoms with Crippen molar-refractivity contribution in [1.29, 1.82) is 0 Å². The predicted octanol–water partition coefficient (Wildman–Crippen LogP) is 4.90. The molecule has 0 aliphatic carbocycles. The van der Waals surface area contributed by atoms with Gasteiger partial charge in [0.25, 0.3) is 5.91 Å². The van der Waals surface area contributed by atoms with Crippen LogP contribution in [0.3, 0.4) is 0 Å². The molecule has 1 heterocycles. The minimum absolute atomic E-state index is 0.0280. The van der Waals surface area contributed by atoms with E-state index in [1.165, 1.54) is 0 Å². The van der Waals surface area contributed by atoms with Gasteiger partial charge in [0, 0.05) is 23.1 Å². The lowest BCUT2D eigenvalue weighted by Gasteiger charge is -2.40. The highest BCUT2D eigenvalue weighted by Gasteiger charge is 2.38. The van der Waals surface area contributed by atoms with Crippen molar-refractivity contribution in [2.75, 3.05) is 6.54 Å². The fourth-order valence-electron chi connectivity index (χ4n) is 3.77. The van der Waals surface area contributed by atoms with Gasteiger partial charge < -0.3 is 10.1 Å². The van der Waals surface area contributed by atoms with Crippen molar-refractivity contribution in [2.45, 2.75) is 24.9 Å². The van der Waals surface area contributed by atoms with E-state index in [0.29, 0.717) is 12.1 Å². The van der Waals surface area contributed by atoms with E-state index in [0.717, 1.165) is 23.3 Å². The number of fused-ring (bicyclic) bond motifs is 1. The van der Waals surface area contributed by atoms with Gasteiger partial charge in [-0.3, -0.25) is 4.79 Å². The van der Waals surface area contributed by atoms with Crippen LogP contribution < -0.4 is 10.1 Å². The number of benzene rings is 3. The van der Waals surface area contributed by atoms with Crippen molar-refractivity contribution in [3.8, 4) is 5.75 Å². The summed E-state index contributed by atoms with van der Waals surface area (Å²) in [7, 11) is 0. The second kappa shape index (κ2) is 7.28. The maximum atomic E-state index is 12.6. The molecule has 1 aliphatic heterocycles. The molecule has 1 aliphatic rings. The summed E-state index contributed by atoms with van der Waals surface area (Å²) >= 11 is 0. The van der Waals surface area contributed by atoms with Crippen LogP contribution in [0.15, 0.2) is 84.9 Å². The highest BCUT2D eigenvalue weighted by Crippen LogP contribution is 2.45. The number of carbonyl (C=O) groups excluding carboxylic acids is 1. The maximum Gasteiger partial charge on any atom is 0.251 e. The van der Waals surface area contributed by atoms with Crippen molar-refractivity contribution in [3.63, 3.8) is 0 Å². The Kier molecular flexibility index (Phi) is 4.68. The molecule has 2 atom stereocenters. The first-order valence-electron chi connectivity index (χ1n) is 9.30. The molecule has 4 rings (SSSR count). The van der Waals surface area contributed by atoms with Crippen molar-refractivity contribution < 1.29 is 9.53 Å². The zero-order valence-corrected chi connectivity index (χ0v) is 15.4. The molecule has 0 saturated heterocycles. The SMILES string of the molecule is C[C@]1(CNC(=O)c2ccccc2)C[C@H](c2ccccc2)Oc2ccccc21. The van der Waals surface area contributed by atoms with Gasteiger partial charge in [-0.1, -0.05) is 73.7 Å². The zero-order chi connectivity index (χ0) is 18.7. The van der Waals surface area contributed by atoms with Gasteiger partial charge in [-0.15, -0.1) is 0 Å². The molecule has 3 aromatic rings. The number of para-hydroxylation sites is 1. The summed E-state index contributed by atoms with van der Waals surface area (Å²) in [5, 5.41) is 3.13. The number of ether oxygens (including phenoxy) is 1. The van der Waals surface area contributed by atoms with Crippen LogP contribution in [0.2, 0.25) is 0 Å².